The third-order valence-corrected chi connectivity index (χ3v) is 3.79. The molecule has 0 aliphatic rings. The van der Waals surface area contributed by atoms with E-state index in [9.17, 15) is 14.9 Å². The summed E-state index contributed by atoms with van der Waals surface area (Å²) in [7, 11) is 1.83. The lowest BCUT2D eigenvalue weighted by Crippen LogP contribution is -2.28. The van der Waals surface area contributed by atoms with Gasteiger partial charge in [-0.2, -0.15) is 5.10 Å². The second-order valence-corrected chi connectivity index (χ2v) is 5.96. The zero-order chi connectivity index (χ0) is 18.6. The molecule has 0 saturated heterocycles. The van der Waals surface area contributed by atoms with Crippen molar-refractivity contribution in [3.63, 3.8) is 0 Å². The maximum absolute atomic E-state index is 12.1. The van der Waals surface area contributed by atoms with Crippen LogP contribution in [0.5, 0.6) is 5.75 Å². The van der Waals surface area contributed by atoms with Crippen LogP contribution in [0.2, 0.25) is 0 Å². The molecule has 0 aliphatic heterocycles. The number of hydrogen-bond donors (Lipinski definition) is 1. The number of nitro groups is 1. The Labute approximate surface area is 145 Å². The monoisotopic (exact) mass is 346 g/mol. The van der Waals surface area contributed by atoms with E-state index in [0.29, 0.717) is 0 Å². The van der Waals surface area contributed by atoms with E-state index in [1.54, 1.807) is 16.8 Å². The Kier molecular flexibility index (Phi) is 5.74. The van der Waals surface area contributed by atoms with Crippen LogP contribution in [0.3, 0.4) is 0 Å². The second kappa shape index (κ2) is 7.78. The number of benzene rings is 1. The minimum absolute atomic E-state index is 0.0644. The molecular formula is C17H22N4O4. The molecule has 1 heterocycles. The SMILES string of the molecule is Cc1ccc([N+](=O)[O-])c(OCCC(=O)N[C@H](C)c2cn(C)nc2C)c1. The van der Waals surface area contributed by atoms with E-state index in [0.717, 1.165) is 16.8 Å². The average molecular weight is 346 g/mol. The van der Waals surface area contributed by atoms with Crippen LogP contribution in [0.1, 0.15) is 36.2 Å². The van der Waals surface area contributed by atoms with Gasteiger partial charge in [-0.25, -0.2) is 0 Å². The van der Waals surface area contributed by atoms with Crippen LogP contribution >= 0.6 is 0 Å². The minimum atomic E-state index is -0.498. The molecule has 0 spiro atoms. The molecule has 1 aromatic heterocycles. The van der Waals surface area contributed by atoms with Gasteiger partial charge in [-0.3, -0.25) is 19.6 Å². The fourth-order valence-corrected chi connectivity index (χ4v) is 2.58. The van der Waals surface area contributed by atoms with Crippen LogP contribution in [0.4, 0.5) is 5.69 Å². The van der Waals surface area contributed by atoms with E-state index >= 15 is 0 Å². The molecule has 0 radical (unpaired) electrons. The topological polar surface area (TPSA) is 99.3 Å². The molecule has 2 aromatic rings. The number of nitro benzene ring substituents is 1. The first kappa shape index (κ1) is 18.4. The van der Waals surface area contributed by atoms with Crippen LogP contribution in [0.15, 0.2) is 24.4 Å². The first-order chi connectivity index (χ1) is 11.8. The number of hydrogen-bond acceptors (Lipinski definition) is 5. The van der Waals surface area contributed by atoms with Crippen molar-refractivity contribution in [2.24, 2.45) is 7.05 Å². The number of aryl methyl sites for hydroxylation is 3. The van der Waals surface area contributed by atoms with Gasteiger partial charge in [-0.1, -0.05) is 6.07 Å². The molecule has 8 nitrogen and oxygen atoms in total. The lowest BCUT2D eigenvalue weighted by molar-refractivity contribution is -0.385. The van der Waals surface area contributed by atoms with Gasteiger partial charge in [0.05, 0.1) is 29.7 Å². The number of amides is 1. The van der Waals surface area contributed by atoms with Crippen molar-refractivity contribution in [1.29, 1.82) is 0 Å². The van der Waals surface area contributed by atoms with E-state index in [1.165, 1.54) is 6.07 Å². The number of aromatic nitrogens is 2. The Morgan fingerprint density at radius 1 is 1.44 bits per heavy atom. The van der Waals surface area contributed by atoms with E-state index < -0.39 is 4.92 Å². The molecule has 0 saturated carbocycles. The van der Waals surface area contributed by atoms with Crippen molar-refractivity contribution in [3.05, 3.63) is 51.3 Å². The molecule has 1 atom stereocenters. The van der Waals surface area contributed by atoms with Gasteiger partial charge in [0.15, 0.2) is 5.75 Å². The largest absolute Gasteiger partial charge is 0.486 e. The summed E-state index contributed by atoms with van der Waals surface area (Å²) in [6.07, 6.45) is 1.97. The van der Waals surface area contributed by atoms with Crippen molar-refractivity contribution >= 4 is 11.6 Å². The van der Waals surface area contributed by atoms with Gasteiger partial charge in [0.2, 0.25) is 5.91 Å². The highest BCUT2D eigenvalue weighted by Gasteiger charge is 2.17. The zero-order valence-corrected chi connectivity index (χ0v) is 14.8. The molecule has 0 aliphatic carbocycles. The van der Waals surface area contributed by atoms with Crippen LogP contribution < -0.4 is 10.1 Å². The maximum Gasteiger partial charge on any atom is 0.310 e. The summed E-state index contributed by atoms with van der Waals surface area (Å²) in [5.74, 6) is -0.0139. The number of nitrogens with one attached hydrogen (secondary N) is 1. The molecule has 1 N–H and O–H groups in total. The number of carbonyl (C=O) groups excluding carboxylic acids is 1. The molecule has 0 bridgehead atoms. The lowest BCUT2D eigenvalue weighted by atomic mass is 10.1. The van der Waals surface area contributed by atoms with Crippen molar-refractivity contribution in [1.82, 2.24) is 15.1 Å². The highest BCUT2D eigenvalue weighted by molar-refractivity contribution is 5.76. The van der Waals surface area contributed by atoms with Crippen molar-refractivity contribution in [2.45, 2.75) is 33.2 Å². The molecule has 1 amide bonds. The van der Waals surface area contributed by atoms with Crippen LogP contribution in [0, 0.1) is 24.0 Å². The van der Waals surface area contributed by atoms with E-state index in [2.05, 4.69) is 10.4 Å². The highest BCUT2D eigenvalue weighted by Crippen LogP contribution is 2.27. The third kappa shape index (κ3) is 4.79. The second-order valence-electron chi connectivity index (χ2n) is 5.96. The summed E-state index contributed by atoms with van der Waals surface area (Å²) in [5, 5.41) is 18.1. The van der Waals surface area contributed by atoms with E-state index in [4.69, 9.17) is 4.74 Å². The lowest BCUT2D eigenvalue weighted by Gasteiger charge is -2.13. The summed E-state index contributed by atoms with van der Waals surface area (Å²) in [6.45, 7) is 5.65. The summed E-state index contributed by atoms with van der Waals surface area (Å²) >= 11 is 0. The van der Waals surface area contributed by atoms with Gasteiger partial charge >= 0.3 is 5.69 Å². The summed E-state index contributed by atoms with van der Waals surface area (Å²) in [5.41, 5.74) is 2.56. The molecule has 0 fully saturated rings. The molecule has 25 heavy (non-hydrogen) atoms. The van der Waals surface area contributed by atoms with Gasteiger partial charge in [0.1, 0.15) is 0 Å². The normalized spacial score (nSPS) is 11.8. The van der Waals surface area contributed by atoms with Gasteiger partial charge in [0, 0.05) is 24.9 Å². The Morgan fingerprint density at radius 2 is 2.16 bits per heavy atom. The summed E-state index contributed by atoms with van der Waals surface area (Å²) < 4.78 is 7.15. The predicted molar refractivity (Wildman–Crippen MR) is 92.4 cm³/mol. The fraction of sp³-hybridized carbons (Fsp3) is 0.412. The number of rotatable bonds is 7. The fourth-order valence-electron chi connectivity index (χ4n) is 2.58. The Balaban J connectivity index is 1.90. The third-order valence-electron chi connectivity index (χ3n) is 3.79. The molecular weight excluding hydrogens is 324 g/mol. The Bertz CT molecular complexity index is 785. The first-order valence-electron chi connectivity index (χ1n) is 7.95. The van der Waals surface area contributed by atoms with Crippen molar-refractivity contribution in [2.75, 3.05) is 6.61 Å². The van der Waals surface area contributed by atoms with Gasteiger partial charge in [-0.05, 0) is 32.4 Å². The highest BCUT2D eigenvalue weighted by atomic mass is 16.6. The van der Waals surface area contributed by atoms with Crippen LogP contribution in [-0.4, -0.2) is 27.2 Å². The summed E-state index contributed by atoms with van der Waals surface area (Å²) in [6, 6.07) is 4.47. The maximum atomic E-state index is 12.1. The zero-order valence-electron chi connectivity index (χ0n) is 14.8. The van der Waals surface area contributed by atoms with Crippen molar-refractivity contribution in [3.8, 4) is 5.75 Å². The Hall–Kier alpha value is -2.90. The van der Waals surface area contributed by atoms with E-state index in [-0.39, 0.29) is 36.4 Å². The first-order valence-corrected chi connectivity index (χ1v) is 7.95. The van der Waals surface area contributed by atoms with Gasteiger partial charge in [-0.15, -0.1) is 0 Å². The number of nitrogens with zero attached hydrogens (tertiary/aromatic N) is 3. The molecule has 2 rings (SSSR count). The standard InChI is InChI=1S/C17H22N4O4/c1-11-5-6-15(21(23)24)16(9-11)25-8-7-17(22)18-12(2)14-10-20(4)19-13(14)3/h5-6,9-10,12H,7-8H2,1-4H3,(H,18,22)/t12-/m1/s1. The quantitative estimate of drug-likeness (QED) is 0.613. The molecule has 8 heteroatoms. The smallest absolute Gasteiger partial charge is 0.310 e. The average Bonchev–Trinajstić information content (AvgIpc) is 2.85. The van der Waals surface area contributed by atoms with Crippen LogP contribution in [-0.2, 0) is 11.8 Å². The number of carbonyl (C=O) groups is 1. The van der Waals surface area contributed by atoms with Gasteiger partial charge < -0.3 is 10.1 Å². The van der Waals surface area contributed by atoms with Crippen LogP contribution in [0.25, 0.3) is 0 Å². The molecule has 134 valence electrons. The predicted octanol–water partition coefficient (Wildman–Crippen LogP) is 2.59. The number of ether oxygens (including phenoxy) is 1. The Morgan fingerprint density at radius 3 is 2.76 bits per heavy atom. The molecule has 0 unspecified atom stereocenters. The van der Waals surface area contributed by atoms with Crippen molar-refractivity contribution < 1.29 is 14.5 Å². The summed E-state index contributed by atoms with van der Waals surface area (Å²) in [4.78, 5) is 22.6. The van der Waals surface area contributed by atoms with Gasteiger partial charge in [0.25, 0.3) is 0 Å². The molecule has 1 aromatic carbocycles. The minimum Gasteiger partial charge on any atom is -0.486 e. The van der Waals surface area contributed by atoms with E-state index in [1.807, 2.05) is 34.0 Å².